The van der Waals surface area contributed by atoms with E-state index in [0.29, 0.717) is 17.7 Å². The molecule has 0 aromatic heterocycles. The number of hydrogen-bond donors (Lipinski definition) is 1. The molecule has 4 heteroatoms. The third-order valence-corrected chi connectivity index (χ3v) is 2.80. The van der Waals surface area contributed by atoms with Gasteiger partial charge in [-0.3, -0.25) is 4.79 Å². The van der Waals surface area contributed by atoms with Gasteiger partial charge in [-0.1, -0.05) is 0 Å². The SMILES string of the molecule is CCN(C(=O)c1ccc(F)c(C)c1)[C@H](C)CO. The number of halogens is 1. The molecule has 0 aliphatic carbocycles. The molecule has 0 spiro atoms. The number of rotatable bonds is 4. The maximum absolute atomic E-state index is 13.1. The van der Waals surface area contributed by atoms with Crippen LogP contribution in [0.5, 0.6) is 0 Å². The summed E-state index contributed by atoms with van der Waals surface area (Å²) in [5.74, 6) is -0.503. The van der Waals surface area contributed by atoms with Crippen LogP contribution in [0.1, 0.15) is 29.8 Å². The largest absolute Gasteiger partial charge is 0.394 e. The van der Waals surface area contributed by atoms with Gasteiger partial charge >= 0.3 is 0 Å². The Morgan fingerprint density at radius 3 is 2.65 bits per heavy atom. The van der Waals surface area contributed by atoms with Crippen molar-refractivity contribution in [2.75, 3.05) is 13.2 Å². The fourth-order valence-corrected chi connectivity index (χ4v) is 1.70. The summed E-state index contributed by atoms with van der Waals surface area (Å²) >= 11 is 0. The first-order valence-electron chi connectivity index (χ1n) is 5.69. The molecule has 3 nitrogen and oxygen atoms in total. The van der Waals surface area contributed by atoms with Crippen LogP contribution in [-0.2, 0) is 0 Å². The van der Waals surface area contributed by atoms with Gasteiger partial charge in [-0.2, -0.15) is 0 Å². The number of amides is 1. The molecule has 1 aromatic rings. The van der Waals surface area contributed by atoms with E-state index in [1.165, 1.54) is 18.2 Å². The minimum Gasteiger partial charge on any atom is -0.394 e. The third-order valence-electron chi connectivity index (χ3n) is 2.80. The molecule has 0 aliphatic rings. The Labute approximate surface area is 101 Å². The Balaban J connectivity index is 2.98. The summed E-state index contributed by atoms with van der Waals surface area (Å²) in [7, 11) is 0. The fourth-order valence-electron chi connectivity index (χ4n) is 1.70. The third kappa shape index (κ3) is 3.03. The minimum atomic E-state index is -0.320. The number of carbonyl (C=O) groups excluding carboxylic acids is 1. The molecule has 94 valence electrons. The van der Waals surface area contributed by atoms with Crippen molar-refractivity contribution in [2.24, 2.45) is 0 Å². The number of likely N-dealkylation sites (N-methyl/N-ethyl adjacent to an activating group) is 1. The van der Waals surface area contributed by atoms with Gasteiger partial charge in [0.2, 0.25) is 0 Å². The lowest BCUT2D eigenvalue weighted by Gasteiger charge is -2.26. The first kappa shape index (κ1) is 13.6. The van der Waals surface area contributed by atoms with Gasteiger partial charge < -0.3 is 10.0 Å². The maximum atomic E-state index is 13.1. The van der Waals surface area contributed by atoms with Crippen LogP contribution in [0.3, 0.4) is 0 Å². The molecular weight excluding hydrogens is 221 g/mol. The second kappa shape index (κ2) is 5.77. The highest BCUT2D eigenvalue weighted by Gasteiger charge is 2.19. The van der Waals surface area contributed by atoms with E-state index >= 15 is 0 Å². The van der Waals surface area contributed by atoms with E-state index in [1.807, 2.05) is 6.92 Å². The van der Waals surface area contributed by atoms with Crippen LogP contribution in [0.25, 0.3) is 0 Å². The summed E-state index contributed by atoms with van der Waals surface area (Å²) in [4.78, 5) is 13.7. The van der Waals surface area contributed by atoms with Gasteiger partial charge in [-0.15, -0.1) is 0 Å². The lowest BCUT2D eigenvalue weighted by atomic mass is 10.1. The number of aliphatic hydroxyl groups is 1. The van der Waals surface area contributed by atoms with Crippen molar-refractivity contribution in [3.63, 3.8) is 0 Å². The minimum absolute atomic E-state index is 0.0836. The highest BCUT2D eigenvalue weighted by molar-refractivity contribution is 5.94. The van der Waals surface area contributed by atoms with Crippen LogP contribution in [-0.4, -0.2) is 35.1 Å². The van der Waals surface area contributed by atoms with Gasteiger partial charge in [0.1, 0.15) is 5.82 Å². The molecule has 1 amide bonds. The number of aryl methyl sites for hydroxylation is 1. The number of nitrogens with zero attached hydrogens (tertiary/aromatic N) is 1. The van der Waals surface area contributed by atoms with E-state index in [0.717, 1.165) is 0 Å². The highest BCUT2D eigenvalue weighted by atomic mass is 19.1. The molecule has 0 radical (unpaired) electrons. The van der Waals surface area contributed by atoms with Gasteiger partial charge in [-0.05, 0) is 44.5 Å². The molecule has 1 N–H and O–H groups in total. The van der Waals surface area contributed by atoms with E-state index in [2.05, 4.69) is 0 Å². The topological polar surface area (TPSA) is 40.5 Å². The van der Waals surface area contributed by atoms with Crippen molar-refractivity contribution in [3.05, 3.63) is 35.1 Å². The van der Waals surface area contributed by atoms with Crippen molar-refractivity contribution in [3.8, 4) is 0 Å². The van der Waals surface area contributed by atoms with E-state index in [-0.39, 0.29) is 24.4 Å². The molecule has 0 saturated carbocycles. The molecular formula is C13H18FNO2. The Morgan fingerprint density at radius 2 is 2.18 bits per heavy atom. The molecule has 0 saturated heterocycles. The highest BCUT2D eigenvalue weighted by Crippen LogP contribution is 2.13. The average Bonchev–Trinajstić information content (AvgIpc) is 2.33. The summed E-state index contributed by atoms with van der Waals surface area (Å²) in [6, 6.07) is 4.06. The van der Waals surface area contributed by atoms with Crippen LogP contribution >= 0.6 is 0 Å². The van der Waals surface area contributed by atoms with Gasteiger partial charge in [0.25, 0.3) is 5.91 Å². The first-order valence-corrected chi connectivity index (χ1v) is 5.69. The Bertz CT molecular complexity index is 406. The molecule has 0 unspecified atom stereocenters. The van der Waals surface area contributed by atoms with Crippen LogP contribution in [0.2, 0.25) is 0 Å². The predicted molar refractivity (Wildman–Crippen MR) is 64.4 cm³/mol. The zero-order valence-electron chi connectivity index (χ0n) is 10.4. The Kier molecular flexibility index (Phi) is 4.63. The standard InChI is InChI=1S/C13H18FNO2/c1-4-15(10(3)8-16)13(17)11-5-6-12(14)9(2)7-11/h5-7,10,16H,4,8H2,1-3H3/t10-/m1/s1. The van der Waals surface area contributed by atoms with Gasteiger partial charge in [-0.25, -0.2) is 4.39 Å². The van der Waals surface area contributed by atoms with Crippen LogP contribution in [0.4, 0.5) is 4.39 Å². The Hall–Kier alpha value is -1.42. The van der Waals surface area contributed by atoms with Crippen molar-refractivity contribution in [1.29, 1.82) is 0 Å². The smallest absolute Gasteiger partial charge is 0.254 e. The summed E-state index contributed by atoms with van der Waals surface area (Å²) in [6.07, 6.45) is 0. The number of benzene rings is 1. The van der Waals surface area contributed by atoms with E-state index in [1.54, 1.807) is 18.7 Å². The molecule has 0 aliphatic heterocycles. The summed E-state index contributed by atoms with van der Waals surface area (Å²) < 4.78 is 13.1. The number of aliphatic hydroxyl groups excluding tert-OH is 1. The second-order valence-corrected chi connectivity index (χ2v) is 4.09. The maximum Gasteiger partial charge on any atom is 0.254 e. The average molecular weight is 239 g/mol. The zero-order valence-corrected chi connectivity index (χ0v) is 10.4. The van der Waals surface area contributed by atoms with Crippen molar-refractivity contribution >= 4 is 5.91 Å². The molecule has 0 fully saturated rings. The van der Waals surface area contributed by atoms with Crippen LogP contribution in [0.15, 0.2) is 18.2 Å². The summed E-state index contributed by atoms with van der Waals surface area (Å²) in [5.41, 5.74) is 0.898. The molecule has 0 bridgehead atoms. The fraction of sp³-hybridized carbons (Fsp3) is 0.462. The number of hydrogen-bond acceptors (Lipinski definition) is 2. The Morgan fingerprint density at radius 1 is 1.53 bits per heavy atom. The van der Waals surface area contributed by atoms with E-state index < -0.39 is 0 Å². The molecule has 17 heavy (non-hydrogen) atoms. The molecule has 1 rings (SSSR count). The van der Waals surface area contributed by atoms with E-state index in [4.69, 9.17) is 5.11 Å². The first-order chi connectivity index (χ1) is 8.01. The summed E-state index contributed by atoms with van der Waals surface area (Å²) in [5, 5.41) is 9.08. The van der Waals surface area contributed by atoms with Crippen LogP contribution in [0, 0.1) is 12.7 Å². The lowest BCUT2D eigenvalue weighted by molar-refractivity contribution is 0.0632. The molecule has 1 atom stereocenters. The molecule has 0 heterocycles. The van der Waals surface area contributed by atoms with Crippen molar-refractivity contribution < 1.29 is 14.3 Å². The van der Waals surface area contributed by atoms with Crippen LogP contribution < -0.4 is 0 Å². The second-order valence-electron chi connectivity index (χ2n) is 4.09. The van der Waals surface area contributed by atoms with Gasteiger partial charge in [0, 0.05) is 12.1 Å². The zero-order chi connectivity index (χ0) is 13.0. The van der Waals surface area contributed by atoms with Gasteiger partial charge in [0.15, 0.2) is 0 Å². The van der Waals surface area contributed by atoms with Crippen molar-refractivity contribution in [1.82, 2.24) is 4.90 Å². The lowest BCUT2D eigenvalue weighted by Crippen LogP contribution is -2.40. The van der Waals surface area contributed by atoms with E-state index in [9.17, 15) is 9.18 Å². The van der Waals surface area contributed by atoms with Crippen molar-refractivity contribution in [2.45, 2.75) is 26.8 Å². The summed E-state index contributed by atoms with van der Waals surface area (Å²) in [6.45, 7) is 5.67. The quantitative estimate of drug-likeness (QED) is 0.872. The molecule has 1 aromatic carbocycles. The van der Waals surface area contributed by atoms with Gasteiger partial charge in [0.05, 0.1) is 12.6 Å². The predicted octanol–water partition coefficient (Wildman–Crippen LogP) is 1.98. The monoisotopic (exact) mass is 239 g/mol. The number of carbonyl (C=O) groups is 1. The normalized spacial score (nSPS) is 12.3.